The number of halogens is 3. The van der Waals surface area contributed by atoms with Crippen molar-refractivity contribution in [3.63, 3.8) is 0 Å². The minimum absolute atomic E-state index is 0.163. The van der Waals surface area contributed by atoms with Gasteiger partial charge in [0.05, 0.1) is 16.3 Å². The van der Waals surface area contributed by atoms with Crippen LogP contribution >= 0.6 is 23.2 Å². The molecule has 0 radical (unpaired) electrons. The standard InChI is InChI=1S/C19H13Cl2FN2O3S/c1-11-8-13(10-23-18(11)14-4-2-3-5-16(14)20)28(26,27)24-19(25)15-7-6-12(22)9-17(15)21/h2-10H,1H3,(H,24,25). The number of hydrogen-bond acceptors (Lipinski definition) is 4. The van der Waals surface area contributed by atoms with Gasteiger partial charge in [0.2, 0.25) is 0 Å². The molecule has 0 fully saturated rings. The van der Waals surface area contributed by atoms with Gasteiger partial charge in [-0.3, -0.25) is 9.78 Å². The predicted octanol–water partition coefficient (Wildman–Crippen LogP) is 4.62. The van der Waals surface area contributed by atoms with Crippen molar-refractivity contribution in [3.8, 4) is 11.3 Å². The van der Waals surface area contributed by atoms with Gasteiger partial charge in [0.15, 0.2) is 0 Å². The number of carbonyl (C=O) groups is 1. The second-order valence-electron chi connectivity index (χ2n) is 5.88. The first-order valence-electron chi connectivity index (χ1n) is 7.93. The number of sulfonamides is 1. The Kier molecular flexibility index (Phi) is 5.69. The molecule has 3 aromatic rings. The molecule has 0 unspecified atom stereocenters. The van der Waals surface area contributed by atoms with Gasteiger partial charge in [-0.15, -0.1) is 0 Å². The average Bonchev–Trinajstić information content (AvgIpc) is 2.62. The van der Waals surface area contributed by atoms with Crippen LogP contribution in [0.1, 0.15) is 15.9 Å². The molecule has 9 heteroatoms. The van der Waals surface area contributed by atoms with E-state index in [1.807, 2.05) is 4.72 Å². The first-order valence-corrected chi connectivity index (χ1v) is 10.2. The minimum atomic E-state index is -4.21. The van der Waals surface area contributed by atoms with Gasteiger partial charge >= 0.3 is 0 Å². The molecule has 2 aromatic carbocycles. The average molecular weight is 439 g/mol. The number of benzene rings is 2. The lowest BCUT2D eigenvalue weighted by Gasteiger charge is -2.11. The maximum absolute atomic E-state index is 13.1. The number of rotatable bonds is 4. The van der Waals surface area contributed by atoms with Crippen LogP contribution in [0.15, 0.2) is 59.6 Å². The molecule has 1 aromatic heterocycles. The number of aromatic nitrogens is 1. The van der Waals surface area contributed by atoms with E-state index in [0.717, 1.165) is 24.4 Å². The number of pyridine rings is 1. The van der Waals surface area contributed by atoms with E-state index < -0.39 is 21.7 Å². The molecule has 0 atom stereocenters. The van der Waals surface area contributed by atoms with Gasteiger partial charge in [0, 0.05) is 16.8 Å². The molecule has 144 valence electrons. The van der Waals surface area contributed by atoms with Crippen molar-refractivity contribution in [2.45, 2.75) is 11.8 Å². The van der Waals surface area contributed by atoms with Gasteiger partial charge in [0.25, 0.3) is 15.9 Å². The van der Waals surface area contributed by atoms with Crippen LogP contribution in [-0.2, 0) is 10.0 Å². The van der Waals surface area contributed by atoms with Gasteiger partial charge in [-0.2, -0.15) is 0 Å². The van der Waals surface area contributed by atoms with Crippen LogP contribution in [0.4, 0.5) is 4.39 Å². The SMILES string of the molecule is Cc1cc(S(=O)(=O)NC(=O)c2ccc(F)cc2Cl)cnc1-c1ccccc1Cl. The Morgan fingerprint density at radius 2 is 1.79 bits per heavy atom. The van der Waals surface area contributed by atoms with Crippen molar-refractivity contribution in [3.05, 3.63) is 81.7 Å². The molecule has 0 aliphatic heterocycles. The van der Waals surface area contributed by atoms with Crippen LogP contribution in [0.25, 0.3) is 11.3 Å². The first kappa shape index (κ1) is 20.3. The van der Waals surface area contributed by atoms with Gasteiger partial charge in [-0.05, 0) is 42.8 Å². The Labute approximate surface area is 171 Å². The van der Waals surface area contributed by atoms with Crippen molar-refractivity contribution in [2.24, 2.45) is 0 Å². The third kappa shape index (κ3) is 4.16. The largest absolute Gasteiger partial charge is 0.268 e. The summed E-state index contributed by atoms with van der Waals surface area (Å²) < 4.78 is 40.1. The van der Waals surface area contributed by atoms with E-state index >= 15 is 0 Å². The van der Waals surface area contributed by atoms with E-state index in [1.165, 1.54) is 6.07 Å². The highest BCUT2D eigenvalue weighted by molar-refractivity contribution is 7.90. The second-order valence-corrected chi connectivity index (χ2v) is 8.37. The first-order chi connectivity index (χ1) is 13.2. The Bertz CT molecular complexity index is 1180. The highest BCUT2D eigenvalue weighted by Crippen LogP contribution is 2.29. The lowest BCUT2D eigenvalue weighted by Crippen LogP contribution is -2.31. The zero-order valence-electron chi connectivity index (χ0n) is 14.4. The third-order valence-corrected chi connectivity index (χ3v) is 5.84. The molecular weight excluding hydrogens is 426 g/mol. The number of nitrogens with zero attached hydrogens (tertiary/aromatic N) is 1. The number of amides is 1. The monoisotopic (exact) mass is 438 g/mol. The summed E-state index contributed by atoms with van der Waals surface area (Å²) in [5, 5.41) is 0.282. The Morgan fingerprint density at radius 1 is 1.07 bits per heavy atom. The Morgan fingerprint density at radius 3 is 2.43 bits per heavy atom. The van der Waals surface area contributed by atoms with Crippen LogP contribution in [0.2, 0.25) is 10.0 Å². The lowest BCUT2D eigenvalue weighted by molar-refractivity contribution is 0.0981. The molecule has 1 heterocycles. The zero-order chi connectivity index (χ0) is 20.5. The molecule has 0 bridgehead atoms. The molecule has 28 heavy (non-hydrogen) atoms. The number of carbonyl (C=O) groups excluding carboxylic acids is 1. The molecule has 0 saturated heterocycles. The zero-order valence-corrected chi connectivity index (χ0v) is 16.7. The van der Waals surface area contributed by atoms with Crippen molar-refractivity contribution in [1.82, 2.24) is 9.71 Å². The van der Waals surface area contributed by atoms with E-state index in [1.54, 1.807) is 31.2 Å². The van der Waals surface area contributed by atoms with Gasteiger partial charge < -0.3 is 0 Å². The highest BCUT2D eigenvalue weighted by Gasteiger charge is 2.22. The topological polar surface area (TPSA) is 76.1 Å². The number of hydrogen-bond donors (Lipinski definition) is 1. The van der Waals surface area contributed by atoms with Crippen LogP contribution in [0, 0.1) is 12.7 Å². The number of aryl methyl sites for hydroxylation is 1. The van der Waals surface area contributed by atoms with Gasteiger partial charge in [-0.25, -0.2) is 17.5 Å². The Balaban J connectivity index is 1.91. The fourth-order valence-corrected chi connectivity index (χ4v) is 4.01. The minimum Gasteiger partial charge on any atom is -0.268 e. The summed E-state index contributed by atoms with van der Waals surface area (Å²) in [6.45, 7) is 1.68. The van der Waals surface area contributed by atoms with Gasteiger partial charge in [0.1, 0.15) is 10.7 Å². The van der Waals surface area contributed by atoms with Crippen molar-refractivity contribution in [2.75, 3.05) is 0 Å². The van der Waals surface area contributed by atoms with Crippen LogP contribution in [-0.4, -0.2) is 19.3 Å². The summed E-state index contributed by atoms with van der Waals surface area (Å²) in [4.78, 5) is 16.2. The van der Waals surface area contributed by atoms with E-state index in [9.17, 15) is 17.6 Å². The summed E-state index contributed by atoms with van der Waals surface area (Å²) in [6.07, 6.45) is 1.13. The van der Waals surface area contributed by atoms with Crippen molar-refractivity contribution < 1.29 is 17.6 Å². The van der Waals surface area contributed by atoms with Crippen LogP contribution in [0.3, 0.4) is 0 Å². The van der Waals surface area contributed by atoms with Crippen molar-refractivity contribution in [1.29, 1.82) is 0 Å². The fraction of sp³-hybridized carbons (Fsp3) is 0.0526. The molecule has 0 saturated carbocycles. The molecule has 1 amide bonds. The predicted molar refractivity (Wildman–Crippen MR) is 105 cm³/mol. The maximum atomic E-state index is 13.1. The molecule has 0 spiro atoms. The van der Waals surface area contributed by atoms with Crippen LogP contribution in [0.5, 0.6) is 0 Å². The second kappa shape index (κ2) is 7.87. The normalized spacial score (nSPS) is 11.3. The summed E-state index contributed by atoms with van der Waals surface area (Å²) in [5.41, 5.74) is 1.58. The van der Waals surface area contributed by atoms with Gasteiger partial charge in [-0.1, -0.05) is 41.4 Å². The molecule has 5 nitrogen and oxygen atoms in total. The molecular formula is C19H13Cl2FN2O3S. The third-order valence-electron chi connectivity index (χ3n) is 3.90. The summed E-state index contributed by atoms with van der Waals surface area (Å²) in [6, 6.07) is 11.5. The number of nitrogens with one attached hydrogen (secondary N) is 1. The summed E-state index contributed by atoms with van der Waals surface area (Å²) >= 11 is 12.0. The molecule has 3 rings (SSSR count). The molecule has 0 aliphatic carbocycles. The summed E-state index contributed by atoms with van der Waals surface area (Å²) in [5.74, 6) is -1.61. The van der Waals surface area contributed by atoms with Crippen molar-refractivity contribution >= 4 is 39.1 Å². The molecule has 1 N–H and O–H groups in total. The fourth-order valence-electron chi connectivity index (χ4n) is 2.54. The lowest BCUT2D eigenvalue weighted by atomic mass is 10.1. The maximum Gasteiger partial charge on any atom is 0.266 e. The Hall–Kier alpha value is -2.48. The van der Waals surface area contributed by atoms with E-state index in [2.05, 4.69) is 4.98 Å². The summed E-state index contributed by atoms with van der Waals surface area (Å²) in [7, 11) is -4.21. The van der Waals surface area contributed by atoms with E-state index in [4.69, 9.17) is 23.2 Å². The van der Waals surface area contributed by atoms with E-state index in [-0.39, 0.29) is 15.5 Å². The highest BCUT2D eigenvalue weighted by atomic mass is 35.5. The van der Waals surface area contributed by atoms with Crippen LogP contribution < -0.4 is 4.72 Å². The smallest absolute Gasteiger partial charge is 0.266 e. The quantitative estimate of drug-likeness (QED) is 0.644. The molecule has 0 aliphatic rings. The van der Waals surface area contributed by atoms with E-state index in [0.29, 0.717) is 21.8 Å².